The predicted molar refractivity (Wildman–Crippen MR) is 90.1 cm³/mol. The number of hydrogen-bond acceptors (Lipinski definition) is 6. The Morgan fingerprint density at radius 1 is 1.17 bits per heavy atom. The zero-order valence-corrected chi connectivity index (χ0v) is 13.9. The summed E-state index contributed by atoms with van der Waals surface area (Å²) < 4.78 is 5.30. The third-order valence-corrected chi connectivity index (χ3v) is 4.86. The van der Waals surface area contributed by atoms with Crippen molar-refractivity contribution in [1.29, 1.82) is 0 Å². The van der Waals surface area contributed by atoms with Crippen LogP contribution in [0.1, 0.15) is 11.1 Å². The van der Waals surface area contributed by atoms with Gasteiger partial charge in [0.25, 0.3) is 0 Å². The van der Waals surface area contributed by atoms with Crippen LogP contribution < -0.4 is 0 Å². The van der Waals surface area contributed by atoms with Gasteiger partial charge in [0, 0.05) is 30.3 Å². The molecule has 3 rings (SSSR count). The van der Waals surface area contributed by atoms with Crippen LogP contribution >= 0.6 is 11.8 Å². The summed E-state index contributed by atoms with van der Waals surface area (Å²) in [5, 5.41) is 10.6. The normalized spacial score (nSPS) is 21.0. The van der Waals surface area contributed by atoms with Crippen LogP contribution in [-0.4, -0.2) is 52.4 Å². The van der Waals surface area contributed by atoms with Crippen molar-refractivity contribution in [2.24, 2.45) is 0 Å². The minimum atomic E-state index is -0.415. The summed E-state index contributed by atoms with van der Waals surface area (Å²) in [5.41, 5.74) is 2.30. The molecule has 122 valence electrons. The molecule has 1 aromatic heterocycles. The first-order valence-electron chi connectivity index (χ1n) is 7.66. The molecule has 1 aromatic carbocycles. The number of aliphatic hydroxyl groups excluding tert-OH is 1. The maximum Gasteiger partial charge on any atom is 0.187 e. The molecule has 0 bridgehead atoms. The second-order valence-electron chi connectivity index (χ2n) is 5.74. The van der Waals surface area contributed by atoms with Gasteiger partial charge in [0.2, 0.25) is 0 Å². The van der Waals surface area contributed by atoms with E-state index in [1.807, 2.05) is 37.6 Å². The Bertz CT molecular complexity index is 609. The van der Waals surface area contributed by atoms with E-state index in [4.69, 9.17) is 4.74 Å². The zero-order valence-electron chi connectivity index (χ0n) is 13.1. The Kier molecular flexibility index (Phi) is 5.61. The average molecular weight is 331 g/mol. The van der Waals surface area contributed by atoms with Crippen molar-refractivity contribution in [1.82, 2.24) is 14.9 Å². The van der Waals surface area contributed by atoms with Crippen molar-refractivity contribution in [3.8, 4) is 0 Å². The number of ether oxygens (including phenoxy) is 1. The first kappa shape index (κ1) is 16.4. The predicted octanol–water partition coefficient (Wildman–Crippen LogP) is 1.96. The number of thioether (sulfide) groups is 1. The second kappa shape index (κ2) is 7.88. The SMILES string of the molecule is CN(Cc1cnc(SCc2ccccc2)nc1)[C@H]1COC[C@@H]1O. The number of likely N-dealkylation sites (N-methyl/N-ethyl adjacent to an activating group) is 1. The first-order valence-corrected chi connectivity index (χ1v) is 8.64. The highest BCUT2D eigenvalue weighted by Gasteiger charge is 2.29. The van der Waals surface area contributed by atoms with Crippen LogP contribution in [0.4, 0.5) is 0 Å². The fourth-order valence-electron chi connectivity index (χ4n) is 2.58. The Hall–Kier alpha value is -1.47. The number of nitrogens with zero attached hydrogens (tertiary/aromatic N) is 3. The Morgan fingerprint density at radius 3 is 2.57 bits per heavy atom. The third kappa shape index (κ3) is 4.51. The highest BCUT2D eigenvalue weighted by molar-refractivity contribution is 7.98. The molecular weight excluding hydrogens is 310 g/mol. The molecule has 1 fully saturated rings. The minimum Gasteiger partial charge on any atom is -0.389 e. The summed E-state index contributed by atoms with van der Waals surface area (Å²) in [5.74, 6) is 0.867. The van der Waals surface area contributed by atoms with Gasteiger partial charge in [-0.3, -0.25) is 4.90 Å². The van der Waals surface area contributed by atoms with Gasteiger partial charge >= 0.3 is 0 Å². The summed E-state index contributed by atoms with van der Waals surface area (Å²) in [6.07, 6.45) is 3.31. The van der Waals surface area contributed by atoms with Crippen LogP contribution in [0.3, 0.4) is 0 Å². The smallest absolute Gasteiger partial charge is 0.187 e. The molecule has 6 heteroatoms. The van der Waals surface area contributed by atoms with Crippen LogP contribution in [0.2, 0.25) is 0 Å². The maximum atomic E-state index is 9.86. The molecule has 2 heterocycles. The first-order chi connectivity index (χ1) is 11.2. The van der Waals surface area contributed by atoms with E-state index in [0.717, 1.165) is 16.5 Å². The molecule has 2 atom stereocenters. The summed E-state index contributed by atoms with van der Waals surface area (Å²) in [6, 6.07) is 10.3. The molecule has 1 saturated heterocycles. The van der Waals surface area contributed by atoms with Crippen LogP contribution in [-0.2, 0) is 17.0 Å². The molecular formula is C17H21N3O2S. The lowest BCUT2D eigenvalue weighted by Crippen LogP contribution is -2.39. The molecule has 0 unspecified atom stereocenters. The van der Waals surface area contributed by atoms with E-state index in [-0.39, 0.29) is 6.04 Å². The zero-order chi connectivity index (χ0) is 16.1. The number of aromatic nitrogens is 2. The largest absolute Gasteiger partial charge is 0.389 e. The lowest BCUT2D eigenvalue weighted by Gasteiger charge is -2.25. The highest BCUT2D eigenvalue weighted by Crippen LogP contribution is 2.19. The van der Waals surface area contributed by atoms with Gasteiger partial charge in [0.15, 0.2) is 5.16 Å². The lowest BCUT2D eigenvalue weighted by atomic mass is 10.2. The van der Waals surface area contributed by atoms with Gasteiger partial charge in [-0.05, 0) is 12.6 Å². The molecule has 5 nitrogen and oxygen atoms in total. The van der Waals surface area contributed by atoms with Gasteiger partial charge in [0.1, 0.15) is 0 Å². The number of rotatable bonds is 6. The van der Waals surface area contributed by atoms with Gasteiger partial charge in [-0.25, -0.2) is 9.97 Å². The summed E-state index contributed by atoms with van der Waals surface area (Å²) in [4.78, 5) is 10.9. The molecule has 1 aliphatic rings. The molecule has 1 aliphatic heterocycles. The molecule has 0 saturated carbocycles. The molecule has 2 aromatic rings. The average Bonchev–Trinajstić information content (AvgIpc) is 3.01. The van der Waals surface area contributed by atoms with Crippen molar-refractivity contribution in [3.63, 3.8) is 0 Å². The van der Waals surface area contributed by atoms with Crippen molar-refractivity contribution < 1.29 is 9.84 Å². The Labute approximate surface area is 140 Å². The minimum absolute atomic E-state index is 0.0436. The highest BCUT2D eigenvalue weighted by atomic mass is 32.2. The molecule has 1 N–H and O–H groups in total. The number of aliphatic hydroxyl groups is 1. The van der Waals surface area contributed by atoms with Crippen LogP contribution in [0.15, 0.2) is 47.9 Å². The lowest BCUT2D eigenvalue weighted by molar-refractivity contribution is 0.0924. The molecule has 0 amide bonds. The van der Waals surface area contributed by atoms with Crippen LogP contribution in [0.5, 0.6) is 0 Å². The van der Waals surface area contributed by atoms with E-state index in [1.54, 1.807) is 11.8 Å². The monoisotopic (exact) mass is 331 g/mol. The van der Waals surface area contributed by atoms with E-state index in [1.165, 1.54) is 5.56 Å². The van der Waals surface area contributed by atoms with Gasteiger partial charge in [-0.1, -0.05) is 42.1 Å². The Balaban J connectivity index is 1.52. The topological polar surface area (TPSA) is 58.5 Å². The molecule has 0 spiro atoms. The Morgan fingerprint density at radius 2 is 1.91 bits per heavy atom. The molecule has 0 radical (unpaired) electrons. The quantitative estimate of drug-likeness (QED) is 0.645. The summed E-state index contributed by atoms with van der Waals surface area (Å²) in [7, 11) is 1.99. The van der Waals surface area contributed by atoms with Gasteiger partial charge in [-0.15, -0.1) is 0 Å². The van der Waals surface area contributed by atoms with Crippen LogP contribution in [0, 0.1) is 0 Å². The number of benzene rings is 1. The second-order valence-corrected chi connectivity index (χ2v) is 6.68. The standard InChI is InChI=1S/C17H21N3O2S/c1-20(15-10-22-11-16(15)21)9-14-7-18-17(19-8-14)23-12-13-5-3-2-4-6-13/h2-8,15-16,21H,9-12H2,1H3/t15-,16-/m0/s1. The molecule has 23 heavy (non-hydrogen) atoms. The summed E-state index contributed by atoms with van der Waals surface area (Å²) >= 11 is 1.63. The van der Waals surface area contributed by atoms with E-state index < -0.39 is 6.10 Å². The summed E-state index contributed by atoms with van der Waals surface area (Å²) in [6.45, 7) is 1.69. The molecule has 0 aliphatic carbocycles. The van der Waals surface area contributed by atoms with E-state index in [9.17, 15) is 5.11 Å². The third-order valence-electron chi connectivity index (χ3n) is 3.91. The van der Waals surface area contributed by atoms with E-state index in [0.29, 0.717) is 19.8 Å². The van der Waals surface area contributed by atoms with Crippen molar-refractivity contribution in [3.05, 3.63) is 53.9 Å². The van der Waals surface area contributed by atoms with E-state index in [2.05, 4.69) is 27.0 Å². The van der Waals surface area contributed by atoms with Crippen molar-refractivity contribution in [2.45, 2.75) is 29.6 Å². The van der Waals surface area contributed by atoms with Crippen LogP contribution in [0.25, 0.3) is 0 Å². The van der Waals surface area contributed by atoms with Gasteiger partial charge < -0.3 is 9.84 Å². The fourth-order valence-corrected chi connectivity index (χ4v) is 3.32. The van der Waals surface area contributed by atoms with Gasteiger partial charge in [0.05, 0.1) is 25.4 Å². The van der Waals surface area contributed by atoms with Crippen molar-refractivity contribution in [2.75, 3.05) is 20.3 Å². The van der Waals surface area contributed by atoms with Crippen molar-refractivity contribution >= 4 is 11.8 Å². The fraction of sp³-hybridized carbons (Fsp3) is 0.412. The van der Waals surface area contributed by atoms with E-state index >= 15 is 0 Å². The van der Waals surface area contributed by atoms with Gasteiger partial charge in [-0.2, -0.15) is 0 Å². The number of hydrogen-bond donors (Lipinski definition) is 1. The maximum absolute atomic E-state index is 9.86.